The molecular weight excluding hydrogens is 266 g/mol. The molecule has 0 saturated heterocycles. The summed E-state index contributed by atoms with van der Waals surface area (Å²) in [4.78, 5) is 12.4. The van der Waals surface area contributed by atoms with E-state index < -0.39 is 0 Å². The van der Waals surface area contributed by atoms with Crippen LogP contribution in [-0.2, 0) is 5.54 Å². The molecule has 4 heteroatoms. The van der Waals surface area contributed by atoms with Crippen molar-refractivity contribution in [1.82, 2.24) is 5.32 Å². The molecule has 1 N–H and O–H groups in total. The molecule has 0 unspecified atom stereocenters. The molecule has 0 spiro atoms. The van der Waals surface area contributed by atoms with E-state index >= 15 is 0 Å². The second-order valence-corrected chi connectivity index (χ2v) is 5.63. The van der Waals surface area contributed by atoms with Crippen LogP contribution in [0.5, 0.6) is 5.75 Å². The second kappa shape index (κ2) is 4.95. The second-order valence-electron chi connectivity index (χ2n) is 5.63. The van der Waals surface area contributed by atoms with Gasteiger partial charge in [0.2, 0.25) is 0 Å². The van der Waals surface area contributed by atoms with Crippen molar-refractivity contribution in [3.05, 3.63) is 53.0 Å². The molecule has 0 aliphatic heterocycles. The molecular formula is C17H19NO3. The van der Waals surface area contributed by atoms with E-state index in [1.165, 1.54) is 0 Å². The van der Waals surface area contributed by atoms with E-state index in [2.05, 4.69) is 5.32 Å². The Morgan fingerprint density at radius 1 is 1.24 bits per heavy atom. The third-order valence-electron chi connectivity index (χ3n) is 3.99. The van der Waals surface area contributed by atoms with Gasteiger partial charge in [0.05, 0.1) is 12.6 Å². The summed E-state index contributed by atoms with van der Waals surface area (Å²) < 4.78 is 10.7. The predicted octanol–water partition coefficient (Wildman–Crippen LogP) is 3.32. The van der Waals surface area contributed by atoms with Crippen molar-refractivity contribution in [3.63, 3.8) is 0 Å². The first kappa shape index (κ1) is 13.7. The van der Waals surface area contributed by atoms with Gasteiger partial charge in [-0.15, -0.1) is 0 Å². The smallest absolute Gasteiger partial charge is 0.287 e. The zero-order valence-corrected chi connectivity index (χ0v) is 12.5. The fourth-order valence-corrected chi connectivity index (χ4v) is 2.66. The van der Waals surface area contributed by atoms with E-state index in [0.717, 1.165) is 35.5 Å². The minimum atomic E-state index is -0.253. The van der Waals surface area contributed by atoms with Crippen molar-refractivity contribution in [3.8, 4) is 5.75 Å². The van der Waals surface area contributed by atoms with Gasteiger partial charge in [0, 0.05) is 5.56 Å². The molecule has 110 valence electrons. The number of benzene rings is 1. The maximum absolute atomic E-state index is 12.4. The fraction of sp³-hybridized carbons (Fsp3) is 0.353. The van der Waals surface area contributed by atoms with Crippen LogP contribution >= 0.6 is 0 Å². The summed E-state index contributed by atoms with van der Waals surface area (Å²) in [6, 6.07) is 9.73. The Morgan fingerprint density at radius 2 is 1.90 bits per heavy atom. The van der Waals surface area contributed by atoms with E-state index in [1.54, 1.807) is 7.11 Å². The molecule has 1 fully saturated rings. The zero-order valence-electron chi connectivity index (χ0n) is 12.5. The fourth-order valence-electron chi connectivity index (χ4n) is 2.66. The molecule has 21 heavy (non-hydrogen) atoms. The molecule has 0 atom stereocenters. The number of rotatable bonds is 4. The number of methoxy groups -OCH3 is 1. The van der Waals surface area contributed by atoms with Crippen molar-refractivity contribution in [1.29, 1.82) is 0 Å². The molecule has 0 bridgehead atoms. The summed E-state index contributed by atoms with van der Waals surface area (Å²) in [6.45, 7) is 3.73. The van der Waals surface area contributed by atoms with Crippen molar-refractivity contribution in [2.45, 2.75) is 32.2 Å². The number of ether oxygens (including phenoxy) is 1. The number of nitrogens with one attached hydrogen (secondary N) is 1. The third kappa shape index (κ3) is 2.53. The SMILES string of the molecule is COc1ccc(C2(NC(=O)c3oc(C)cc3C)CC2)cc1. The number of amides is 1. The lowest BCUT2D eigenvalue weighted by molar-refractivity contribution is 0.0900. The maximum Gasteiger partial charge on any atom is 0.287 e. The highest BCUT2D eigenvalue weighted by molar-refractivity contribution is 5.93. The van der Waals surface area contributed by atoms with Crippen LogP contribution in [0.2, 0.25) is 0 Å². The number of furan rings is 1. The van der Waals surface area contributed by atoms with E-state index in [-0.39, 0.29) is 11.4 Å². The normalized spacial score (nSPS) is 15.6. The topological polar surface area (TPSA) is 51.5 Å². The zero-order chi connectivity index (χ0) is 15.0. The van der Waals surface area contributed by atoms with Crippen molar-refractivity contribution >= 4 is 5.91 Å². The average molecular weight is 285 g/mol. The largest absolute Gasteiger partial charge is 0.497 e. The first-order valence-corrected chi connectivity index (χ1v) is 7.08. The minimum Gasteiger partial charge on any atom is -0.497 e. The van der Waals surface area contributed by atoms with Gasteiger partial charge in [-0.1, -0.05) is 12.1 Å². The number of hydrogen-bond donors (Lipinski definition) is 1. The maximum atomic E-state index is 12.4. The molecule has 1 aromatic heterocycles. The summed E-state index contributed by atoms with van der Waals surface area (Å²) in [5.41, 5.74) is 1.73. The van der Waals surface area contributed by atoms with Crippen LogP contribution < -0.4 is 10.1 Å². The van der Waals surface area contributed by atoms with Crippen molar-refractivity contribution in [2.24, 2.45) is 0 Å². The quantitative estimate of drug-likeness (QED) is 0.937. The van der Waals surface area contributed by atoms with Crippen LogP contribution in [0.1, 0.15) is 40.3 Å². The van der Waals surface area contributed by atoms with Gasteiger partial charge >= 0.3 is 0 Å². The summed E-state index contributed by atoms with van der Waals surface area (Å²) >= 11 is 0. The molecule has 1 heterocycles. The Balaban J connectivity index is 1.80. The van der Waals surface area contributed by atoms with E-state index in [1.807, 2.05) is 44.2 Å². The van der Waals surface area contributed by atoms with Crippen LogP contribution in [0.15, 0.2) is 34.7 Å². The molecule has 0 radical (unpaired) electrons. The molecule has 3 rings (SSSR count). The number of carbonyl (C=O) groups excluding carboxylic acids is 1. The van der Waals surface area contributed by atoms with Gasteiger partial charge < -0.3 is 14.5 Å². The van der Waals surface area contributed by atoms with Crippen molar-refractivity contribution < 1.29 is 13.9 Å². The third-order valence-corrected chi connectivity index (χ3v) is 3.99. The predicted molar refractivity (Wildman–Crippen MR) is 79.6 cm³/mol. The molecule has 1 aliphatic rings. The molecule has 1 saturated carbocycles. The van der Waals surface area contributed by atoms with Crippen LogP contribution in [0.25, 0.3) is 0 Å². The summed E-state index contributed by atoms with van der Waals surface area (Å²) in [7, 11) is 1.64. The molecule has 1 amide bonds. The van der Waals surface area contributed by atoms with Gasteiger partial charge in [0.1, 0.15) is 11.5 Å². The van der Waals surface area contributed by atoms with Crippen LogP contribution in [0.3, 0.4) is 0 Å². The van der Waals surface area contributed by atoms with Crippen LogP contribution in [-0.4, -0.2) is 13.0 Å². The first-order chi connectivity index (χ1) is 10.0. The Morgan fingerprint density at radius 3 is 2.38 bits per heavy atom. The van der Waals surface area contributed by atoms with Gasteiger partial charge in [-0.2, -0.15) is 0 Å². The summed E-state index contributed by atoms with van der Waals surface area (Å²) in [6.07, 6.45) is 1.90. The Bertz CT molecular complexity index is 666. The lowest BCUT2D eigenvalue weighted by Crippen LogP contribution is -2.34. The highest BCUT2D eigenvalue weighted by Gasteiger charge is 2.46. The van der Waals surface area contributed by atoms with Gasteiger partial charge in [0.25, 0.3) is 5.91 Å². The van der Waals surface area contributed by atoms with Crippen LogP contribution in [0, 0.1) is 13.8 Å². The average Bonchev–Trinajstić information content (AvgIpc) is 3.17. The molecule has 1 aliphatic carbocycles. The van der Waals surface area contributed by atoms with Gasteiger partial charge in [-0.25, -0.2) is 0 Å². The first-order valence-electron chi connectivity index (χ1n) is 7.08. The standard InChI is InChI=1S/C17H19NO3/c1-11-10-12(2)21-15(11)16(19)18-17(8-9-17)13-4-6-14(20-3)7-5-13/h4-7,10H,8-9H2,1-3H3,(H,18,19). The van der Waals surface area contributed by atoms with Crippen molar-refractivity contribution in [2.75, 3.05) is 7.11 Å². The Labute approximate surface area is 124 Å². The van der Waals surface area contributed by atoms with Gasteiger partial charge in [-0.3, -0.25) is 4.79 Å². The van der Waals surface area contributed by atoms with Crippen LogP contribution in [0.4, 0.5) is 0 Å². The van der Waals surface area contributed by atoms with E-state index in [4.69, 9.17) is 9.15 Å². The molecule has 2 aromatic rings. The molecule has 4 nitrogen and oxygen atoms in total. The lowest BCUT2D eigenvalue weighted by Gasteiger charge is -2.17. The summed E-state index contributed by atoms with van der Waals surface area (Å²) in [5.74, 6) is 1.84. The number of hydrogen-bond acceptors (Lipinski definition) is 3. The summed E-state index contributed by atoms with van der Waals surface area (Å²) in [5, 5.41) is 3.12. The minimum absolute atomic E-state index is 0.145. The van der Waals surface area contributed by atoms with E-state index in [9.17, 15) is 4.79 Å². The Kier molecular flexibility index (Phi) is 3.24. The molecule has 1 aromatic carbocycles. The van der Waals surface area contributed by atoms with Gasteiger partial charge in [0.15, 0.2) is 5.76 Å². The van der Waals surface area contributed by atoms with E-state index in [0.29, 0.717) is 5.76 Å². The number of aryl methyl sites for hydroxylation is 2. The highest BCUT2D eigenvalue weighted by Crippen LogP contribution is 2.46. The highest BCUT2D eigenvalue weighted by atomic mass is 16.5. The Hall–Kier alpha value is -2.23. The number of carbonyl (C=O) groups is 1. The lowest BCUT2D eigenvalue weighted by atomic mass is 10.0. The monoisotopic (exact) mass is 285 g/mol. The van der Waals surface area contributed by atoms with Gasteiger partial charge in [-0.05, 0) is 50.5 Å².